The van der Waals surface area contributed by atoms with Gasteiger partial charge in [-0.25, -0.2) is 0 Å². The Hall–Kier alpha value is -0.340. The zero-order valence-corrected chi connectivity index (χ0v) is 12.1. The van der Waals surface area contributed by atoms with Crippen molar-refractivity contribution in [1.29, 1.82) is 0 Å². The molecule has 2 rings (SSSR count). The third kappa shape index (κ3) is 5.13. The van der Waals surface area contributed by atoms with Gasteiger partial charge in [-0.05, 0) is 36.5 Å². The van der Waals surface area contributed by atoms with Crippen LogP contribution in [0.2, 0.25) is 0 Å². The Morgan fingerprint density at radius 1 is 1.00 bits per heavy atom. The number of halogens is 1. The predicted octanol–water partition coefficient (Wildman–Crippen LogP) is 4.74. The van der Waals surface area contributed by atoms with Crippen LogP contribution >= 0.6 is 15.9 Å². The normalized spacial score (nSPS) is 14.6. The molecule has 0 aliphatic heterocycles. The fourth-order valence-corrected chi connectivity index (χ4v) is 2.26. The first-order chi connectivity index (χ1) is 7.86. The van der Waals surface area contributed by atoms with Crippen molar-refractivity contribution in [3.8, 4) is 0 Å². The van der Waals surface area contributed by atoms with E-state index in [1.807, 2.05) is 13.8 Å². The number of rotatable bonds is 1. The van der Waals surface area contributed by atoms with Crippen LogP contribution in [0.1, 0.15) is 51.0 Å². The molecule has 1 N–H and O–H groups in total. The highest BCUT2D eigenvalue weighted by atomic mass is 79.9. The summed E-state index contributed by atoms with van der Waals surface area (Å²) < 4.78 is 1.18. The van der Waals surface area contributed by atoms with Crippen molar-refractivity contribution >= 4 is 15.9 Å². The molecule has 92 valence electrons. The predicted molar refractivity (Wildman–Crippen MR) is 74.8 cm³/mol. The third-order valence-electron chi connectivity index (χ3n) is 2.70. The molecule has 2 heteroatoms. The lowest BCUT2D eigenvalue weighted by Crippen LogP contribution is -1.90. The smallest absolute Gasteiger partial charge is 0.0319 e. The average Bonchev–Trinajstić information content (AvgIpc) is 2.89. The first kappa shape index (κ1) is 15.7. The summed E-state index contributed by atoms with van der Waals surface area (Å²) in [5.74, 6) is 0.845. The fourth-order valence-electron chi connectivity index (χ4n) is 1.99. The Bertz CT molecular complexity index is 250. The van der Waals surface area contributed by atoms with Crippen LogP contribution in [-0.2, 0) is 0 Å². The number of benzene rings is 1. The van der Waals surface area contributed by atoms with Crippen LogP contribution in [-0.4, -0.2) is 12.2 Å². The first-order valence-corrected chi connectivity index (χ1v) is 6.86. The van der Waals surface area contributed by atoms with E-state index in [4.69, 9.17) is 5.11 Å². The van der Waals surface area contributed by atoms with Gasteiger partial charge in [-0.2, -0.15) is 0 Å². The highest BCUT2D eigenvalue weighted by Gasteiger charge is 2.16. The van der Waals surface area contributed by atoms with Crippen molar-refractivity contribution in [1.82, 2.24) is 0 Å². The lowest BCUT2D eigenvalue weighted by molar-refractivity contribution is 0.399. The van der Waals surface area contributed by atoms with Crippen molar-refractivity contribution < 1.29 is 5.11 Å². The highest BCUT2D eigenvalue weighted by molar-refractivity contribution is 9.10. The molecule has 0 amide bonds. The zero-order chi connectivity index (χ0) is 12.4. The summed E-state index contributed by atoms with van der Waals surface area (Å²) in [7, 11) is 1.00. The van der Waals surface area contributed by atoms with E-state index in [1.165, 1.54) is 35.7 Å². The molecule has 0 unspecified atom stereocenters. The minimum absolute atomic E-state index is 0.845. The summed E-state index contributed by atoms with van der Waals surface area (Å²) in [6.45, 7) is 4.00. The van der Waals surface area contributed by atoms with E-state index in [0.717, 1.165) is 13.0 Å². The van der Waals surface area contributed by atoms with Gasteiger partial charge in [0.15, 0.2) is 0 Å². The lowest BCUT2D eigenvalue weighted by Gasteiger charge is -2.08. The van der Waals surface area contributed by atoms with Crippen molar-refractivity contribution in [2.45, 2.75) is 45.4 Å². The molecule has 0 spiro atoms. The van der Waals surface area contributed by atoms with Gasteiger partial charge in [-0.15, -0.1) is 0 Å². The number of hydrogen-bond donors (Lipinski definition) is 1. The van der Waals surface area contributed by atoms with Gasteiger partial charge in [0.2, 0.25) is 0 Å². The molecule has 1 aromatic rings. The Labute approximate surface area is 108 Å². The average molecular weight is 287 g/mol. The molecule has 0 saturated heterocycles. The largest absolute Gasteiger partial charge is 0.400 e. The molecule has 0 atom stereocenters. The van der Waals surface area contributed by atoms with Crippen LogP contribution in [0.25, 0.3) is 0 Å². The minimum Gasteiger partial charge on any atom is -0.400 e. The third-order valence-corrected chi connectivity index (χ3v) is 3.23. The summed E-state index contributed by atoms with van der Waals surface area (Å²) in [4.78, 5) is 0. The van der Waals surface area contributed by atoms with Crippen molar-refractivity contribution in [3.63, 3.8) is 0 Å². The Morgan fingerprint density at radius 2 is 1.44 bits per heavy atom. The molecule has 1 aliphatic rings. The number of aliphatic hydroxyl groups excluding tert-OH is 1. The van der Waals surface area contributed by atoms with Gasteiger partial charge >= 0.3 is 0 Å². The summed E-state index contributed by atoms with van der Waals surface area (Å²) in [6, 6.07) is 8.79. The molecule has 1 nitrogen and oxygen atoms in total. The standard InChI is InChI=1S/C11H13Br.C2H6.CH4O/c12-11-7-5-10(6-8-11)9-3-1-2-4-9;2*1-2/h5-9H,1-4H2;1-2H3;2H,1H3. The second kappa shape index (κ2) is 9.86. The molecule has 0 radical (unpaired) electrons. The number of aliphatic hydroxyl groups is 1. The molecular weight excluding hydrogens is 264 g/mol. The van der Waals surface area contributed by atoms with Gasteiger partial charge in [0.25, 0.3) is 0 Å². The zero-order valence-electron chi connectivity index (χ0n) is 10.5. The van der Waals surface area contributed by atoms with Crippen molar-refractivity contribution in [2.75, 3.05) is 7.11 Å². The molecule has 0 aromatic heterocycles. The lowest BCUT2D eigenvalue weighted by atomic mass is 9.98. The van der Waals surface area contributed by atoms with Crippen molar-refractivity contribution in [3.05, 3.63) is 34.3 Å². The molecule has 1 saturated carbocycles. The Balaban J connectivity index is 0.000000509. The molecule has 1 aromatic carbocycles. The summed E-state index contributed by atoms with van der Waals surface area (Å²) in [5.41, 5.74) is 1.52. The number of hydrogen-bond acceptors (Lipinski definition) is 1. The van der Waals surface area contributed by atoms with E-state index in [2.05, 4.69) is 40.2 Å². The van der Waals surface area contributed by atoms with Crippen LogP contribution in [0, 0.1) is 0 Å². The molecule has 16 heavy (non-hydrogen) atoms. The van der Waals surface area contributed by atoms with E-state index < -0.39 is 0 Å². The van der Waals surface area contributed by atoms with Gasteiger partial charge in [0.05, 0.1) is 0 Å². The first-order valence-electron chi connectivity index (χ1n) is 6.06. The van der Waals surface area contributed by atoms with Gasteiger partial charge in [-0.1, -0.05) is 54.8 Å². The molecule has 1 aliphatic carbocycles. The van der Waals surface area contributed by atoms with E-state index in [0.29, 0.717) is 0 Å². The quantitative estimate of drug-likeness (QED) is 0.791. The summed E-state index contributed by atoms with van der Waals surface area (Å²) >= 11 is 3.45. The topological polar surface area (TPSA) is 20.2 Å². The molecule has 0 bridgehead atoms. The van der Waals surface area contributed by atoms with Crippen LogP contribution in [0.4, 0.5) is 0 Å². The second-order valence-corrected chi connectivity index (χ2v) is 4.45. The minimum atomic E-state index is 0.845. The maximum Gasteiger partial charge on any atom is 0.0319 e. The highest BCUT2D eigenvalue weighted by Crippen LogP contribution is 2.34. The van der Waals surface area contributed by atoms with Crippen LogP contribution in [0.3, 0.4) is 0 Å². The Morgan fingerprint density at radius 3 is 1.88 bits per heavy atom. The summed E-state index contributed by atoms with van der Waals surface area (Å²) in [5, 5.41) is 7.00. The van der Waals surface area contributed by atoms with E-state index >= 15 is 0 Å². The maximum absolute atomic E-state index is 7.00. The monoisotopic (exact) mass is 286 g/mol. The molecule has 1 fully saturated rings. The van der Waals surface area contributed by atoms with Gasteiger partial charge in [0, 0.05) is 11.6 Å². The van der Waals surface area contributed by atoms with Gasteiger partial charge < -0.3 is 5.11 Å². The Kier molecular flexibility index (Phi) is 9.65. The van der Waals surface area contributed by atoms with Crippen LogP contribution < -0.4 is 0 Å². The summed E-state index contributed by atoms with van der Waals surface area (Å²) in [6.07, 6.45) is 5.62. The molecule has 0 heterocycles. The second-order valence-electron chi connectivity index (χ2n) is 3.53. The fraction of sp³-hybridized carbons (Fsp3) is 0.571. The van der Waals surface area contributed by atoms with Gasteiger partial charge in [0.1, 0.15) is 0 Å². The maximum atomic E-state index is 7.00. The van der Waals surface area contributed by atoms with Gasteiger partial charge in [-0.3, -0.25) is 0 Å². The van der Waals surface area contributed by atoms with Crippen molar-refractivity contribution in [2.24, 2.45) is 0 Å². The van der Waals surface area contributed by atoms with E-state index in [9.17, 15) is 0 Å². The SMILES string of the molecule is Brc1ccc(C2CCCC2)cc1.CC.CO. The van der Waals surface area contributed by atoms with Crippen LogP contribution in [0.5, 0.6) is 0 Å². The van der Waals surface area contributed by atoms with E-state index in [1.54, 1.807) is 0 Å². The van der Waals surface area contributed by atoms with E-state index in [-0.39, 0.29) is 0 Å². The molecular formula is C14H23BrO. The van der Waals surface area contributed by atoms with Crippen LogP contribution in [0.15, 0.2) is 28.7 Å².